The van der Waals surface area contributed by atoms with Gasteiger partial charge in [-0.25, -0.2) is 19.6 Å². The fourth-order valence-corrected chi connectivity index (χ4v) is 7.69. The van der Waals surface area contributed by atoms with Crippen LogP contribution in [0.5, 0.6) is 5.75 Å². The fraction of sp³-hybridized carbons (Fsp3) is 0.465. The smallest absolute Gasteiger partial charge is 0.255 e. The van der Waals surface area contributed by atoms with Crippen molar-refractivity contribution in [3.63, 3.8) is 0 Å². The third-order valence-electron chi connectivity index (χ3n) is 11.9. The van der Waals surface area contributed by atoms with E-state index < -0.39 is 23.4 Å². The average Bonchev–Trinajstić information content (AvgIpc) is 3.86. The van der Waals surface area contributed by atoms with Gasteiger partial charge in [-0.1, -0.05) is 18.2 Å². The number of likely N-dealkylation sites (N-methyl/N-ethyl adjacent to an activating group) is 2. The maximum absolute atomic E-state index is 13.6. The van der Waals surface area contributed by atoms with Crippen LogP contribution in [0, 0.1) is 5.92 Å². The standard InChI is InChI=1S/C43H52N10O6/c1-27(23-53-30(22-46-49-53)26-59-37-11-7-9-33(34(37)24-55)42(57)50(6)36(10-8-19-54)41(56)44-5)43(3,4)52-17-15-32-31(14-16-45-40(32)52)39-47-35(29-12-13-29)21-38(48-39)51-18-20-58-25-28(51)2/h7,9,11,14-17,19,21-22,24,27-29,36H,8,10,12-13,18,20,23,25-26H2,1-6H3,(H,44,56). The summed E-state index contributed by atoms with van der Waals surface area (Å²) in [7, 11) is 2.93. The van der Waals surface area contributed by atoms with Crippen molar-refractivity contribution in [3.8, 4) is 17.1 Å². The molecule has 3 unspecified atom stereocenters. The molecule has 1 saturated heterocycles. The summed E-state index contributed by atoms with van der Waals surface area (Å²) < 4.78 is 15.8. The number of morpholine rings is 1. The number of anilines is 1. The van der Waals surface area contributed by atoms with Crippen molar-refractivity contribution in [2.45, 2.75) is 90.1 Å². The van der Waals surface area contributed by atoms with Crippen molar-refractivity contribution in [2.75, 3.05) is 38.8 Å². The van der Waals surface area contributed by atoms with Crippen LogP contribution in [0.15, 0.2) is 55.0 Å². The second-order valence-corrected chi connectivity index (χ2v) is 16.0. The second kappa shape index (κ2) is 17.4. The zero-order chi connectivity index (χ0) is 41.8. The summed E-state index contributed by atoms with van der Waals surface area (Å²) in [5, 5.41) is 12.1. The first-order chi connectivity index (χ1) is 28.5. The summed E-state index contributed by atoms with van der Waals surface area (Å²) in [5.41, 5.74) is 3.21. The molecule has 7 rings (SSSR count). The van der Waals surface area contributed by atoms with Crippen LogP contribution in [0.3, 0.4) is 0 Å². The van der Waals surface area contributed by atoms with Crippen molar-refractivity contribution < 1.29 is 28.7 Å². The SMILES string of the molecule is CNC(=O)C(CCC=O)N(C)C(=O)c1cccc(OCc2cnnn2CC(C)C(C)(C)n2ccc3c(-c4nc(C5CC5)cc(N5CCOCC5C)n4)ccnc32)c1C=O. The largest absolute Gasteiger partial charge is 0.486 e. The van der Waals surface area contributed by atoms with E-state index in [1.807, 2.05) is 12.3 Å². The van der Waals surface area contributed by atoms with Crippen molar-refractivity contribution in [3.05, 3.63) is 77.5 Å². The predicted octanol–water partition coefficient (Wildman–Crippen LogP) is 4.82. The molecule has 1 aliphatic carbocycles. The lowest BCUT2D eigenvalue weighted by Gasteiger charge is -2.34. The van der Waals surface area contributed by atoms with E-state index in [9.17, 15) is 19.2 Å². The highest BCUT2D eigenvalue weighted by Gasteiger charge is 2.33. The van der Waals surface area contributed by atoms with Gasteiger partial charge in [0.15, 0.2) is 12.1 Å². The Morgan fingerprint density at radius 2 is 1.97 bits per heavy atom. The molecule has 5 aromatic rings. The van der Waals surface area contributed by atoms with Gasteiger partial charge in [0.2, 0.25) is 5.91 Å². The summed E-state index contributed by atoms with van der Waals surface area (Å²) >= 11 is 0. The van der Waals surface area contributed by atoms with E-state index in [4.69, 9.17) is 24.4 Å². The van der Waals surface area contributed by atoms with Gasteiger partial charge in [0.05, 0.1) is 42.3 Å². The van der Waals surface area contributed by atoms with Crippen LogP contribution in [0.25, 0.3) is 22.4 Å². The molecule has 16 heteroatoms. The first-order valence-electron chi connectivity index (χ1n) is 20.2. The molecule has 1 saturated carbocycles. The topological polar surface area (TPSA) is 180 Å². The highest BCUT2D eigenvalue weighted by Crippen LogP contribution is 2.42. The van der Waals surface area contributed by atoms with Crippen LogP contribution in [0.1, 0.15) is 91.4 Å². The van der Waals surface area contributed by atoms with Crippen molar-refractivity contribution in [1.82, 2.24) is 44.7 Å². The van der Waals surface area contributed by atoms with E-state index >= 15 is 0 Å². The number of nitrogens with zero attached hydrogens (tertiary/aromatic N) is 9. The first kappa shape index (κ1) is 41.1. The van der Waals surface area contributed by atoms with E-state index in [2.05, 4.69) is 71.1 Å². The Hall–Kier alpha value is -6.03. The van der Waals surface area contributed by atoms with E-state index in [0.29, 0.717) is 49.8 Å². The fourth-order valence-electron chi connectivity index (χ4n) is 7.69. The Balaban J connectivity index is 1.09. The molecule has 0 spiro atoms. The summed E-state index contributed by atoms with van der Waals surface area (Å²) in [5.74, 6) is 1.35. The average molecular weight is 805 g/mol. The molecule has 3 atom stereocenters. The Morgan fingerprint density at radius 1 is 1.15 bits per heavy atom. The second-order valence-electron chi connectivity index (χ2n) is 16.0. The van der Waals surface area contributed by atoms with Crippen LogP contribution in [-0.4, -0.2) is 110 Å². The summed E-state index contributed by atoms with van der Waals surface area (Å²) in [6, 6.07) is 10.3. The first-order valence-corrected chi connectivity index (χ1v) is 20.2. The molecule has 1 aliphatic heterocycles. The molecular weight excluding hydrogens is 753 g/mol. The lowest BCUT2D eigenvalue weighted by molar-refractivity contribution is -0.125. The number of aromatic nitrogens is 7. The molecule has 59 heavy (non-hydrogen) atoms. The Kier molecular flexibility index (Phi) is 12.2. The Morgan fingerprint density at radius 3 is 2.69 bits per heavy atom. The summed E-state index contributed by atoms with van der Waals surface area (Å²) in [6.07, 6.45) is 9.30. The molecule has 0 bridgehead atoms. The normalized spacial score (nSPS) is 16.7. The van der Waals surface area contributed by atoms with Gasteiger partial charge in [-0.15, -0.1) is 5.10 Å². The van der Waals surface area contributed by atoms with E-state index in [1.165, 1.54) is 25.1 Å². The molecule has 4 aromatic heterocycles. The van der Waals surface area contributed by atoms with E-state index in [1.54, 1.807) is 23.0 Å². The molecular formula is C43H52N10O6. The number of rotatable bonds is 17. The number of pyridine rings is 1. The third-order valence-corrected chi connectivity index (χ3v) is 11.9. The minimum Gasteiger partial charge on any atom is -0.486 e. The van der Waals surface area contributed by atoms with Gasteiger partial charge in [-0.3, -0.25) is 14.4 Å². The molecule has 0 radical (unpaired) electrons. The highest BCUT2D eigenvalue weighted by atomic mass is 16.5. The number of fused-ring (bicyclic) bond motifs is 1. The number of benzene rings is 1. The molecule has 1 N–H and O–H groups in total. The van der Waals surface area contributed by atoms with Crippen LogP contribution < -0.4 is 15.0 Å². The molecule has 2 aliphatic rings. The van der Waals surface area contributed by atoms with Crippen molar-refractivity contribution >= 4 is 41.2 Å². The minimum atomic E-state index is -0.897. The van der Waals surface area contributed by atoms with Crippen LogP contribution in [-0.2, 0) is 33.0 Å². The van der Waals surface area contributed by atoms with Crippen LogP contribution >= 0.6 is 0 Å². The maximum Gasteiger partial charge on any atom is 0.255 e. The number of amides is 2. The number of hydrogen-bond acceptors (Lipinski definition) is 12. The summed E-state index contributed by atoms with van der Waals surface area (Å²) in [4.78, 5) is 68.3. The molecule has 310 valence electrons. The minimum absolute atomic E-state index is 0.0161. The lowest BCUT2D eigenvalue weighted by atomic mass is 9.88. The van der Waals surface area contributed by atoms with Crippen LogP contribution in [0.2, 0.25) is 0 Å². The molecule has 2 amide bonds. The monoisotopic (exact) mass is 804 g/mol. The van der Waals surface area contributed by atoms with Gasteiger partial charge in [0.1, 0.15) is 36.1 Å². The zero-order valence-corrected chi connectivity index (χ0v) is 34.5. The van der Waals surface area contributed by atoms with Gasteiger partial charge >= 0.3 is 0 Å². The van der Waals surface area contributed by atoms with E-state index in [-0.39, 0.29) is 48.3 Å². The molecule has 1 aromatic carbocycles. The highest BCUT2D eigenvalue weighted by molar-refractivity contribution is 6.04. The number of ether oxygens (including phenoxy) is 2. The van der Waals surface area contributed by atoms with Crippen molar-refractivity contribution in [1.29, 1.82) is 0 Å². The molecule has 16 nitrogen and oxygen atoms in total. The Labute approximate surface area is 343 Å². The number of nitrogens with one attached hydrogen (secondary N) is 1. The predicted molar refractivity (Wildman–Crippen MR) is 220 cm³/mol. The number of carbonyl (C=O) groups excluding carboxylic acids is 4. The van der Waals surface area contributed by atoms with Crippen molar-refractivity contribution in [2.24, 2.45) is 5.92 Å². The zero-order valence-electron chi connectivity index (χ0n) is 34.5. The van der Waals surface area contributed by atoms with Gasteiger partial charge < -0.3 is 34.0 Å². The van der Waals surface area contributed by atoms with Gasteiger partial charge in [0.25, 0.3) is 5.91 Å². The number of hydrogen-bond donors (Lipinski definition) is 1. The van der Waals surface area contributed by atoms with Gasteiger partial charge in [-0.2, -0.15) is 0 Å². The Bertz CT molecular complexity index is 2330. The van der Waals surface area contributed by atoms with E-state index in [0.717, 1.165) is 47.5 Å². The molecule has 2 fully saturated rings. The summed E-state index contributed by atoms with van der Waals surface area (Å²) in [6.45, 7) is 11.3. The third kappa shape index (κ3) is 8.44. The maximum atomic E-state index is 13.6. The number of carbonyl (C=O) groups is 4. The van der Waals surface area contributed by atoms with Gasteiger partial charge in [-0.05, 0) is 70.2 Å². The van der Waals surface area contributed by atoms with Crippen LogP contribution in [0.4, 0.5) is 5.82 Å². The van der Waals surface area contributed by atoms with Gasteiger partial charge in [0, 0.05) is 80.2 Å². The lowest BCUT2D eigenvalue weighted by Crippen LogP contribution is -2.47. The number of aldehydes is 2. The quantitative estimate of drug-likeness (QED) is 0.127. The molecule has 5 heterocycles.